The third kappa shape index (κ3) is 2.92. The molecule has 0 fully saturated rings. The summed E-state index contributed by atoms with van der Waals surface area (Å²) in [6, 6.07) is 5.39. The summed E-state index contributed by atoms with van der Waals surface area (Å²) in [5, 5.41) is 0. The molecule has 0 saturated heterocycles. The minimum atomic E-state index is -0.275. The SMILES string of the molecule is CCCCCC(C)n1c(CCl)nc2c(F)cccc21. The van der Waals surface area contributed by atoms with Gasteiger partial charge in [-0.05, 0) is 25.5 Å². The Balaban J connectivity index is 2.37. The molecule has 1 unspecified atom stereocenters. The number of hydrogen-bond donors (Lipinski definition) is 0. The molecule has 1 atom stereocenters. The van der Waals surface area contributed by atoms with E-state index in [0.29, 0.717) is 17.4 Å². The first-order valence-corrected chi connectivity index (χ1v) is 7.43. The van der Waals surface area contributed by atoms with Crippen molar-refractivity contribution in [2.24, 2.45) is 0 Å². The molecular weight excluding hydrogens is 263 g/mol. The first-order chi connectivity index (χ1) is 9.19. The van der Waals surface area contributed by atoms with E-state index in [1.54, 1.807) is 6.07 Å². The quantitative estimate of drug-likeness (QED) is 0.535. The van der Waals surface area contributed by atoms with E-state index in [1.165, 1.54) is 25.3 Å². The van der Waals surface area contributed by atoms with E-state index < -0.39 is 0 Å². The lowest BCUT2D eigenvalue weighted by Gasteiger charge is -2.16. The molecule has 0 radical (unpaired) electrons. The van der Waals surface area contributed by atoms with Crippen LogP contribution in [-0.2, 0) is 5.88 Å². The van der Waals surface area contributed by atoms with Crippen LogP contribution in [-0.4, -0.2) is 9.55 Å². The smallest absolute Gasteiger partial charge is 0.151 e. The fourth-order valence-corrected chi connectivity index (χ4v) is 2.72. The molecule has 0 saturated carbocycles. The number of nitrogens with zero attached hydrogens (tertiary/aromatic N) is 2. The van der Waals surface area contributed by atoms with Crippen molar-refractivity contribution in [2.75, 3.05) is 0 Å². The normalized spacial score (nSPS) is 13.1. The van der Waals surface area contributed by atoms with Gasteiger partial charge in [-0.25, -0.2) is 9.37 Å². The third-order valence-electron chi connectivity index (χ3n) is 3.53. The Bertz CT molecular complexity index is 550. The molecule has 1 heterocycles. The fraction of sp³-hybridized carbons (Fsp3) is 0.533. The van der Waals surface area contributed by atoms with Gasteiger partial charge in [0, 0.05) is 6.04 Å². The van der Waals surface area contributed by atoms with Gasteiger partial charge in [-0.1, -0.05) is 32.3 Å². The molecule has 104 valence electrons. The fourth-order valence-electron chi connectivity index (χ4n) is 2.54. The van der Waals surface area contributed by atoms with Gasteiger partial charge >= 0.3 is 0 Å². The summed E-state index contributed by atoms with van der Waals surface area (Å²) >= 11 is 5.96. The number of fused-ring (bicyclic) bond motifs is 1. The van der Waals surface area contributed by atoms with Gasteiger partial charge in [0.25, 0.3) is 0 Å². The Hall–Kier alpha value is -1.09. The summed E-state index contributed by atoms with van der Waals surface area (Å²) in [5.74, 6) is 0.792. The predicted molar refractivity (Wildman–Crippen MR) is 78.1 cm³/mol. The lowest BCUT2D eigenvalue weighted by Crippen LogP contribution is -2.08. The Morgan fingerprint density at radius 1 is 1.37 bits per heavy atom. The van der Waals surface area contributed by atoms with E-state index >= 15 is 0 Å². The second kappa shape index (κ2) is 6.38. The molecule has 0 amide bonds. The molecule has 0 N–H and O–H groups in total. The van der Waals surface area contributed by atoms with Crippen LogP contribution in [0.2, 0.25) is 0 Å². The standard InChI is InChI=1S/C15H20ClFN2/c1-3-4-5-7-11(2)19-13-9-6-8-12(17)15(13)18-14(19)10-16/h6,8-9,11H,3-5,7,10H2,1-2H3. The number of para-hydroxylation sites is 1. The monoisotopic (exact) mass is 282 g/mol. The van der Waals surface area contributed by atoms with Crippen LogP contribution in [0.5, 0.6) is 0 Å². The summed E-state index contributed by atoms with van der Waals surface area (Å²) < 4.78 is 15.9. The van der Waals surface area contributed by atoms with E-state index in [1.807, 2.05) is 6.07 Å². The van der Waals surface area contributed by atoms with Crippen LogP contribution in [0, 0.1) is 5.82 Å². The molecule has 4 heteroatoms. The van der Waals surface area contributed by atoms with Crippen LogP contribution in [0.25, 0.3) is 11.0 Å². The molecule has 0 bridgehead atoms. The van der Waals surface area contributed by atoms with Crippen LogP contribution in [0.15, 0.2) is 18.2 Å². The third-order valence-corrected chi connectivity index (χ3v) is 3.77. The van der Waals surface area contributed by atoms with E-state index in [0.717, 1.165) is 17.8 Å². The number of alkyl halides is 1. The molecule has 2 aromatic rings. The summed E-state index contributed by atoms with van der Waals surface area (Å²) in [6.07, 6.45) is 4.67. The maximum Gasteiger partial charge on any atom is 0.151 e. The van der Waals surface area contributed by atoms with Crippen molar-refractivity contribution in [3.63, 3.8) is 0 Å². The molecule has 2 rings (SSSR count). The van der Waals surface area contributed by atoms with E-state index in [9.17, 15) is 4.39 Å². The second-order valence-electron chi connectivity index (χ2n) is 4.98. The molecule has 2 nitrogen and oxygen atoms in total. The maximum absolute atomic E-state index is 13.8. The van der Waals surface area contributed by atoms with Crippen molar-refractivity contribution in [3.8, 4) is 0 Å². The number of halogens is 2. The first-order valence-electron chi connectivity index (χ1n) is 6.90. The number of aromatic nitrogens is 2. The summed E-state index contributed by atoms with van der Waals surface area (Å²) in [5.41, 5.74) is 1.28. The maximum atomic E-state index is 13.8. The molecule has 1 aromatic heterocycles. The highest BCUT2D eigenvalue weighted by molar-refractivity contribution is 6.16. The van der Waals surface area contributed by atoms with Gasteiger partial charge in [0.15, 0.2) is 5.82 Å². The highest BCUT2D eigenvalue weighted by Crippen LogP contribution is 2.26. The molecule has 0 spiro atoms. The Morgan fingerprint density at radius 2 is 2.16 bits per heavy atom. The van der Waals surface area contributed by atoms with Crippen LogP contribution < -0.4 is 0 Å². The Labute approximate surface area is 118 Å². The number of rotatable bonds is 6. The van der Waals surface area contributed by atoms with Gasteiger partial charge in [0.1, 0.15) is 11.3 Å². The van der Waals surface area contributed by atoms with Crippen molar-refractivity contribution in [1.29, 1.82) is 0 Å². The van der Waals surface area contributed by atoms with Gasteiger partial charge in [0.05, 0.1) is 11.4 Å². The molecule has 19 heavy (non-hydrogen) atoms. The van der Waals surface area contributed by atoms with Crippen molar-refractivity contribution >= 4 is 22.6 Å². The van der Waals surface area contributed by atoms with Gasteiger partial charge in [0.2, 0.25) is 0 Å². The predicted octanol–water partition coefficient (Wildman–Crippen LogP) is 5.06. The van der Waals surface area contributed by atoms with Crippen molar-refractivity contribution in [1.82, 2.24) is 9.55 Å². The molecule has 0 aliphatic heterocycles. The number of imidazole rings is 1. The summed E-state index contributed by atoms with van der Waals surface area (Å²) in [6.45, 7) is 4.34. The highest BCUT2D eigenvalue weighted by Gasteiger charge is 2.16. The van der Waals surface area contributed by atoms with Crippen LogP contribution >= 0.6 is 11.6 Å². The summed E-state index contributed by atoms with van der Waals surface area (Å²) in [7, 11) is 0. The largest absolute Gasteiger partial charge is 0.324 e. The lowest BCUT2D eigenvalue weighted by atomic mass is 10.1. The van der Waals surface area contributed by atoms with Crippen molar-refractivity contribution in [3.05, 3.63) is 29.8 Å². The minimum Gasteiger partial charge on any atom is -0.324 e. The van der Waals surface area contributed by atoms with Gasteiger partial charge < -0.3 is 4.57 Å². The highest BCUT2D eigenvalue weighted by atomic mass is 35.5. The zero-order valence-corrected chi connectivity index (χ0v) is 12.3. The van der Waals surface area contributed by atoms with Gasteiger partial charge in [-0.15, -0.1) is 11.6 Å². The Morgan fingerprint density at radius 3 is 2.84 bits per heavy atom. The minimum absolute atomic E-state index is 0.275. The van der Waals surface area contributed by atoms with Gasteiger partial charge in [-0.2, -0.15) is 0 Å². The zero-order chi connectivity index (χ0) is 13.8. The molecule has 0 aliphatic rings. The summed E-state index contributed by atoms with van der Waals surface area (Å²) in [4.78, 5) is 4.34. The van der Waals surface area contributed by atoms with E-state index in [-0.39, 0.29) is 5.82 Å². The molecular formula is C15H20ClFN2. The van der Waals surface area contributed by atoms with Crippen molar-refractivity contribution < 1.29 is 4.39 Å². The zero-order valence-electron chi connectivity index (χ0n) is 11.5. The second-order valence-corrected chi connectivity index (χ2v) is 5.25. The number of benzene rings is 1. The molecule has 0 aliphatic carbocycles. The van der Waals surface area contributed by atoms with Crippen molar-refractivity contribution in [2.45, 2.75) is 51.5 Å². The average molecular weight is 283 g/mol. The van der Waals surface area contributed by atoms with Crippen LogP contribution in [0.1, 0.15) is 51.4 Å². The number of unbranched alkanes of at least 4 members (excludes halogenated alkanes) is 2. The van der Waals surface area contributed by atoms with E-state index in [2.05, 4.69) is 23.4 Å². The lowest BCUT2D eigenvalue weighted by molar-refractivity contribution is 0.477. The molecule has 1 aromatic carbocycles. The van der Waals surface area contributed by atoms with Crippen LogP contribution in [0.3, 0.4) is 0 Å². The average Bonchev–Trinajstić information content (AvgIpc) is 2.79. The Kier molecular flexibility index (Phi) is 4.81. The van der Waals surface area contributed by atoms with Crippen LogP contribution in [0.4, 0.5) is 4.39 Å². The topological polar surface area (TPSA) is 17.8 Å². The van der Waals surface area contributed by atoms with Gasteiger partial charge in [-0.3, -0.25) is 0 Å². The number of hydrogen-bond acceptors (Lipinski definition) is 1. The first kappa shape index (κ1) is 14.3. The van der Waals surface area contributed by atoms with E-state index in [4.69, 9.17) is 11.6 Å².